The zero-order chi connectivity index (χ0) is 24.8. The number of anilines is 1. The van der Waals surface area contributed by atoms with Crippen molar-refractivity contribution in [3.63, 3.8) is 0 Å². The van der Waals surface area contributed by atoms with Crippen LogP contribution in [-0.2, 0) is 4.74 Å². The third-order valence-electron chi connectivity index (χ3n) is 5.03. The first-order chi connectivity index (χ1) is 16.4. The first-order valence-corrected chi connectivity index (χ1v) is 10.1. The number of benzene rings is 2. The number of fused-ring (bicyclic) bond motifs is 1. The van der Waals surface area contributed by atoms with Crippen molar-refractivity contribution in [1.82, 2.24) is 5.32 Å². The maximum absolute atomic E-state index is 13.7. The number of nitrogens with one attached hydrogen (secondary N) is 2. The number of phenolic OH excluding ortho intramolecular Hbond substituents is 1. The van der Waals surface area contributed by atoms with Crippen molar-refractivity contribution < 1.29 is 42.8 Å². The molecule has 0 aliphatic carbocycles. The molecule has 0 atom stereocenters. The van der Waals surface area contributed by atoms with E-state index in [1.54, 1.807) is 6.07 Å². The standard InChI is InChI=1S/C23H26N2O9/c1-29-14-7-6-13-17(18(26)12-10-15(30-2)21(32-4)16(11-12)31-3)22(34-20(13)19(14)27)24-8-9-25-23(28)33-5/h6-7,10-11,24,27H,8-9H2,1-5H3,(H,25,28). The average molecular weight is 474 g/mol. The zero-order valence-corrected chi connectivity index (χ0v) is 19.4. The molecule has 1 aromatic heterocycles. The van der Waals surface area contributed by atoms with Crippen molar-refractivity contribution in [1.29, 1.82) is 0 Å². The number of phenols is 1. The second-order valence-electron chi connectivity index (χ2n) is 6.89. The highest BCUT2D eigenvalue weighted by Crippen LogP contribution is 2.43. The molecule has 0 radical (unpaired) electrons. The van der Waals surface area contributed by atoms with Gasteiger partial charge in [-0.25, -0.2) is 4.79 Å². The molecule has 0 aliphatic rings. The van der Waals surface area contributed by atoms with Crippen LogP contribution in [0.5, 0.6) is 28.7 Å². The van der Waals surface area contributed by atoms with Gasteiger partial charge in [-0.15, -0.1) is 0 Å². The van der Waals surface area contributed by atoms with E-state index in [0.29, 0.717) is 22.6 Å². The molecule has 0 aliphatic heterocycles. The lowest BCUT2D eigenvalue weighted by Crippen LogP contribution is -2.28. The molecule has 3 N–H and O–H groups in total. The summed E-state index contributed by atoms with van der Waals surface area (Å²) < 4.78 is 31.6. The molecule has 0 saturated heterocycles. The number of carbonyl (C=O) groups excluding carboxylic acids is 2. The van der Waals surface area contributed by atoms with Crippen molar-refractivity contribution in [3.8, 4) is 28.7 Å². The predicted molar refractivity (Wildman–Crippen MR) is 123 cm³/mol. The molecular formula is C23H26N2O9. The number of rotatable bonds is 10. The van der Waals surface area contributed by atoms with Crippen molar-refractivity contribution in [2.24, 2.45) is 0 Å². The Hall–Kier alpha value is -4.28. The minimum Gasteiger partial charge on any atom is -0.502 e. The van der Waals surface area contributed by atoms with Crippen molar-refractivity contribution >= 4 is 28.7 Å². The van der Waals surface area contributed by atoms with Gasteiger partial charge in [0.25, 0.3) is 0 Å². The number of hydrogen-bond acceptors (Lipinski definition) is 10. The number of carbonyl (C=O) groups is 2. The average Bonchev–Trinajstić information content (AvgIpc) is 3.24. The highest BCUT2D eigenvalue weighted by atomic mass is 16.5. The monoisotopic (exact) mass is 474 g/mol. The van der Waals surface area contributed by atoms with Gasteiger partial charge < -0.3 is 43.8 Å². The first-order valence-electron chi connectivity index (χ1n) is 10.1. The van der Waals surface area contributed by atoms with Crippen LogP contribution in [0.3, 0.4) is 0 Å². The Morgan fingerprint density at radius 2 is 1.56 bits per heavy atom. The molecule has 0 unspecified atom stereocenters. The van der Waals surface area contributed by atoms with Gasteiger partial charge in [0.15, 0.2) is 28.6 Å². The maximum Gasteiger partial charge on any atom is 0.406 e. The largest absolute Gasteiger partial charge is 0.502 e. The highest BCUT2D eigenvalue weighted by molar-refractivity contribution is 6.20. The van der Waals surface area contributed by atoms with Crippen molar-refractivity contribution in [2.45, 2.75) is 0 Å². The second kappa shape index (κ2) is 10.6. The summed E-state index contributed by atoms with van der Waals surface area (Å²) in [5.74, 6) is 0.563. The van der Waals surface area contributed by atoms with Gasteiger partial charge >= 0.3 is 6.09 Å². The molecule has 1 heterocycles. The first kappa shape index (κ1) is 24.4. The van der Waals surface area contributed by atoms with E-state index in [-0.39, 0.29) is 47.2 Å². The van der Waals surface area contributed by atoms with E-state index in [4.69, 9.17) is 23.4 Å². The Labute approximate surface area is 195 Å². The summed E-state index contributed by atoms with van der Waals surface area (Å²) in [6.45, 7) is 0.402. The Bertz CT molecular complexity index is 1180. The molecule has 34 heavy (non-hydrogen) atoms. The molecule has 11 nitrogen and oxygen atoms in total. The van der Waals surface area contributed by atoms with Gasteiger partial charge in [0.2, 0.25) is 17.4 Å². The van der Waals surface area contributed by atoms with E-state index in [2.05, 4.69) is 15.4 Å². The molecule has 0 bridgehead atoms. The lowest BCUT2D eigenvalue weighted by atomic mass is 10.0. The summed E-state index contributed by atoms with van der Waals surface area (Å²) in [4.78, 5) is 25.0. The van der Waals surface area contributed by atoms with Crippen LogP contribution in [-0.4, -0.2) is 65.6 Å². The Kier molecular flexibility index (Phi) is 7.57. The third kappa shape index (κ3) is 4.58. The molecule has 3 aromatic rings. The van der Waals surface area contributed by atoms with Crippen LogP contribution in [0, 0.1) is 0 Å². The predicted octanol–water partition coefficient (Wildman–Crippen LogP) is 3.17. The molecule has 1 amide bonds. The number of ketones is 1. The second-order valence-corrected chi connectivity index (χ2v) is 6.89. The van der Waals surface area contributed by atoms with Crippen molar-refractivity contribution in [2.75, 3.05) is 54.0 Å². The van der Waals surface area contributed by atoms with Crippen LogP contribution < -0.4 is 29.6 Å². The zero-order valence-electron chi connectivity index (χ0n) is 19.4. The Morgan fingerprint density at radius 1 is 0.912 bits per heavy atom. The molecule has 3 rings (SSSR count). The summed E-state index contributed by atoms with van der Waals surface area (Å²) >= 11 is 0. The number of ether oxygens (including phenoxy) is 5. The summed E-state index contributed by atoms with van der Waals surface area (Å²) in [7, 11) is 7.02. The van der Waals surface area contributed by atoms with E-state index in [0.717, 1.165) is 0 Å². The van der Waals surface area contributed by atoms with Crippen LogP contribution in [0.15, 0.2) is 28.7 Å². The maximum atomic E-state index is 13.7. The molecule has 11 heteroatoms. The fraction of sp³-hybridized carbons (Fsp3) is 0.304. The third-order valence-corrected chi connectivity index (χ3v) is 5.03. The fourth-order valence-electron chi connectivity index (χ4n) is 3.41. The number of methoxy groups -OCH3 is 5. The minimum absolute atomic E-state index is 0.0681. The molecular weight excluding hydrogens is 448 g/mol. The van der Waals surface area contributed by atoms with E-state index >= 15 is 0 Å². The quantitative estimate of drug-likeness (QED) is 0.297. The van der Waals surface area contributed by atoms with Crippen LogP contribution in [0.2, 0.25) is 0 Å². The van der Waals surface area contributed by atoms with E-state index in [1.807, 2.05) is 0 Å². The van der Waals surface area contributed by atoms with Crippen LogP contribution >= 0.6 is 0 Å². The molecule has 182 valence electrons. The van der Waals surface area contributed by atoms with Gasteiger partial charge in [0, 0.05) is 24.0 Å². The van der Waals surface area contributed by atoms with Gasteiger partial charge in [0.05, 0.1) is 41.1 Å². The Morgan fingerprint density at radius 3 is 2.12 bits per heavy atom. The smallest absolute Gasteiger partial charge is 0.406 e. The minimum atomic E-state index is -0.595. The molecule has 0 saturated carbocycles. The highest BCUT2D eigenvalue weighted by Gasteiger charge is 2.27. The topological polar surface area (TPSA) is 138 Å². The molecule has 0 spiro atoms. The summed E-state index contributed by atoms with van der Waals surface area (Å²) in [5.41, 5.74) is 0.474. The number of alkyl carbamates (subject to hydrolysis) is 1. The van der Waals surface area contributed by atoms with Gasteiger partial charge in [-0.05, 0) is 24.3 Å². The van der Waals surface area contributed by atoms with E-state index in [9.17, 15) is 14.7 Å². The normalized spacial score (nSPS) is 10.5. The number of hydrogen-bond donors (Lipinski definition) is 3. The lowest BCUT2D eigenvalue weighted by molar-refractivity contribution is 0.103. The van der Waals surface area contributed by atoms with Gasteiger partial charge in [0.1, 0.15) is 0 Å². The van der Waals surface area contributed by atoms with E-state index < -0.39 is 11.9 Å². The van der Waals surface area contributed by atoms with Gasteiger partial charge in [-0.1, -0.05) is 0 Å². The van der Waals surface area contributed by atoms with Crippen molar-refractivity contribution in [3.05, 3.63) is 35.4 Å². The molecule has 2 aromatic carbocycles. The SMILES string of the molecule is COC(=O)NCCNc1oc2c(O)c(OC)ccc2c1C(=O)c1cc(OC)c(OC)c(OC)c1. The number of amides is 1. The van der Waals surface area contributed by atoms with Gasteiger partial charge in [-0.3, -0.25) is 4.79 Å². The summed E-state index contributed by atoms with van der Waals surface area (Å²) in [6.07, 6.45) is -0.595. The summed E-state index contributed by atoms with van der Waals surface area (Å²) in [6, 6.07) is 6.19. The number of aromatic hydroxyl groups is 1. The van der Waals surface area contributed by atoms with Gasteiger partial charge in [-0.2, -0.15) is 0 Å². The van der Waals surface area contributed by atoms with Crippen LogP contribution in [0.1, 0.15) is 15.9 Å². The molecule has 0 fully saturated rings. The van der Waals surface area contributed by atoms with Crippen LogP contribution in [0.4, 0.5) is 10.7 Å². The number of furan rings is 1. The van der Waals surface area contributed by atoms with E-state index in [1.165, 1.54) is 53.7 Å². The lowest BCUT2D eigenvalue weighted by Gasteiger charge is -2.14. The summed E-state index contributed by atoms with van der Waals surface area (Å²) in [5, 5.41) is 16.4. The fourth-order valence-corrected chi connectivity index (χ4v) is 3.41. The van der Waals surface area contributed by atoms with Crippen LogP contribution in [0.25, 0.3) is 11.0 Å². The Balaban J connectivity index is 2.09.